The average molecular weight is 221 g/mol. The van der Waals surface area contributed by atoms with Crippen LogP contribution in [0.25, 0.3) is 0 Å². The third-order valence-corrected chi connectivity index (χ3v) is 2.53. The van der Waals surface area contributed by atoms with Gasteiger partial charge in [-0.25, -0.2) is 5.43 Å². The van der Waals surface area contributed by atoms with Crippen molar-refractivity contribution in [3.8, 4) is 0 Å². The van der Waals surface area contributed by atoms with Gasteiger partial charge in [0.05, 0.1) is 12.8 Å². The summed E-state index contributed by atoms with van der Waals surface area (Å²) < 4.78 is 5.21. The maximum atomic E-state index is 11.3. The van der Waals surface area contributed by atoms with E-state index in [2.05, 4.69) is 22.7 Å². The second-order valence-corrected chi connectivity index (χ2v) is 3.78. The van der Waals surface area contributed by atoms with Crippen molar-refractivity contribution in [1.29, 1.82) is 0 Å². The molecule has 86 valence electrons. The van der Waals surface area contributed by atoms with E-state index in [0.29, 0.717) is 19.5 Å². The fourth-order valence-electron chi connectivity index (χ4n) is 1.61. The molecule has 3 N–H and O–H groups in total. The third-order valence-electron chi connectivity index (χ3n) is 2.53. The van der Waals surface area contributed by atoms with Gasteiger partial charge in [-0.1, -0.05) is 6.58 Å². The zero-order valence-corrected chi connectivity index (χ0v) is 8.95. The minimum absolute atomic E-state index is 0.0138. The summed E-state index contributed by atoms with van der Waals surface area (Å²) in [6, 6.07) is 3.72. The SMILES string of the molecule is C=C1CNNC(=O)C[C@@H]1NCc1ccco1. The predicted octanol–water partition coefficient (Wildman–Crippen LogP) is 0.318. The summed E-state index contributed by atoms with van der Waals surface area (Å²) in [6.07, 6.45) is 2.03. The van der Waals surface area contributed by atoms with Gasteiger partial charge in [0.25, 0.3) is 0 Å². The number of hydrogen-bond donors (Lipinski definition) is 3. The van der Waals surface area contributed by atoms with Gasteiger partial charge in [0, 0.05) is 19.0 Å². The van der Waals surface area contributed by atoms with Crippen LogP contribution >= 0.6 is 0 Å². The summed E-state index contributed by atoms with van der Waals surface area (Å²) in [5.74, 6) is 0.820. The second-order valence-electron chi connectivity index (χ2n) is 3.78. The van der Waals surface area contributed by atoms with E-state index in [9.17, 15) is 4.79 Å². The number of furan rings is 1. The fraction of sp³-hybridized carbons (Fsp3) is 0.364. The van der Waals surface area contributed by atoms with Crippen molar-refractivity contribution in [1.82, 2.24) is 16.2 Å². The Morgan fingerprint density at radius 1 is 1.62 bits per heavy atom. The van der Waals surface area contributed by atoms with Crippen molar-refractivity contribution in [3.05, 3.63) is 36.3 Å². The molecule has 1 fully saturated rings. The Morgan fingerprint density at radius 3 is 3.25 bits per heavy atom. The van der Waals surface area contributed by atoms with Crippen LogP contribution in [0.2, 0.25) is 0 Å². The number of carbonyl (C=O) groups excluding carboxylic acids is 1. The summed E-state index contributed by atoms with van der Waals surface area (Å²) in [5, 5.41) is 3.25. The highest BCUT2D eigenvalue weighted by Gasteiger charge is 2.19. The van der Waals surface area contributed by atoms with Crippen LogP contribution < -0.4 is 16.2 Å². The zero-order valence-electron chi connectivity index (χ0n) is 8.95. The highest BCUT2D eigenvalue weighted by atomic mass is 16.3. The molecule has 0 radical (unpaired) electrons. The molecular weight excluding hydrogens is 206 g/mol. The lowest BCUT2D eigenvalue weighted by atomic mass is 10.1. The van der Waals surface area contributed by atoms with Gasteiger partial charge in [0.15, 0.2) is 0 Å². The van der Waals surface area contributed by atoms with Crippen molar-refractivity contribution in [2.75, 3.05) is 6.54 Å². The molecule has 2 rings (SSSR count). The molecule has 16 heavy (non-hydrogen) atoms. The number of rotatable bonds is 3. The van der Waals surface area contributed by atoms with Gasteiger partial charge in [-0.05, 0) is 17.7 Å². The maximum absolute atomic E-state index is 11.3. The monoisotopic (exact) mass is 221 g/mol. The van der Waals surface area contributed by atoms with Crippen molar-refractivity contribution < 1.29 is 9.21 Å². The van der Waals surface area contributed by atoms with E-state index in [1.54, 1.807) is 6.26 Å². The molecule has 1 saturated heterocycles. The Bertz CT molecular complexity index is 373. The summed E-state index contributed by atoms with van der Waals surface area (Å²) in [5.41, 5.74) is 6.36. The van der Waals surface area contributed by atoms with Crippen LogP contribution in [0, 0.1) is 0 Å². The Morgan fingerprint density at radius 2 is 2.50 bits per heavy atom. The first-order valence-corrected chi connectivity index (χ1v) is 5.21. The molecule has 0 unspecified atom stereocenters. The van der Waals surface area contributed by atoms with E-state index < -0.39 is 0 Å². The van der Waals surface area contributed by atoms with Gasteiger partial charge in [-0.2, -0.15) is 0 Å². The molecule has 1 aromatic heterocycles. The summed E-state index contributed by atoms with van der Waals surface area (Å²) in [6.45, 7) is 5.13. The van der Waals surface area contributed by atoms with E-state index >= 15 is 0 Å². The molecule has 0 aromatic carbocycles. The molecule has 0 saturated carbocycles. The minimum atomic E-state index is -0.0319. The number of hydrazine groups is 1. The lowest BCUT2D eigenvalue weighted by Crippen LogP contribution is -2.35. The molecule has 1 aromatic rings. The molecule has 1 aliphatic heterocycles. The van der Waals surface area contributed by atoms with E-state index in [-0.39, 0.29) is 11.9 Å². The van der Waals surface area contributed by atoms with E-state index in [1.807, 2.05) is 12.1 Å². The smallest absolute Gasteiger partial charge is 0.235 e. The first-order chi connectivity index (χ1) is 7.75. The van der Waals surface area contributed by atoms with Crippen LogP contribution in [0.1, 0.15) is 12.2 Å². The molecule has 5 nitrogen and oxygen atoms in total. The predicted molar refractivity (Wildman–Crippen MR) is 59.2 cm³/mol. The topological polar surface area (TPSA) is 66.3 Å². The summed E-state index contributed by atoms with van der Waals surface area (Å²) in [4.78, 5) is 11.3. The lowest BCUT2D eigenvalue weighted by Gasteiger charge is -2.16. The van der Waals surface area contributed by atoms with Gasteiger partial charge in [0.1, 0.15) is 5.76 Å². The molecule has 5 heteroatoms. The largest absolute Gasteiger partial charge is 0.468 e. The second kappa shape index (κ2) is 4.96. The molecule has 1 aliphatic rings. The van der Waals surface area contributed by atoms with E-state index in [4.69, 9.17) is 4.42 Å². The average Bonchev–Trinajstić information content (AvgIpc) is 2.71. The van der Waals surface area contributed by atoms with Gasteiger partial charge in [0.2, 0.25) is 5.91 Å². The van der Waals surface area contributed by atoms with Crippen LogP contribution in [-0.4, -0.2) is 18.5 Å². The number of amides is 1. The molecule has 2 heterocycles. The Labute approximate surface area is 93.9 Å². The number of carbonyl (C=O) groups is 1. The van der Waals surface area contributed by atoms with Gasteiger partial charge in [-0.15, -0.1) is 0 Å². The van der Waals surface area contributed by atoms with Crippen LogP contribution in [0.3, 0.4) is 0 Å². The van der Waals surface area contributed by atoms with Gasteiger partial charge in [-0.3, -0.25) is 10.2 Å². The molecule has 1 atom stereocenters. The van der Waals surface area contributed by atoms with Crippen LogP contribution in [0.5, 0.6) is 0 Å². The van der Waals surface area contributed by atoms with Crippen molar-refractivity contribution >= 4 is 5.91 Å². The molecule has 0 aliphatic carbocycles. The Kier molecular flexibility index (Phi) is 3.38. The summed E-state index contributed by atoms with van der Waals surface area (Å²) in [7, 11) is 0. The highest BCUT2D eigenvalue weighted by Crippen LogP contribution is 2.08. The van der Waals surface area contributed by atoms with Gasteiger partial charge >= 0.3 is 0 Å². The lowest BCUT2D eigenvalue weighted by molar-refractivity contribution is -0.121. The number of nitrogens with one attached hydrogen (secondary N) is 3. The quantitative estimate of drug-likeness (QED) is 0.643. The Hall–Kier alpha value is -1.59. The van der Waals surface area contributed by atoms with Crippen molar-refractivity contribution in [3.63, 3.8) is 0 Å². The first-order valence-electron chi connectivity index (χ1n) is 5.21. The highest BCUT2D eigenvalue weighted by molar-refractivity contribution is 5.77. The minimum Gasteiger partial charge on any atom is -0.468 e. The van der Waals surface area contributed by atoms with E-state index in [0.717, 1.165) is 11.3 Å². The molecular formula is C11H15N3O2. The number of hydrogen-bond acceptors (Lipinski definition) is 4. The molecule has 1 amide bonds. The fourth-order valence-corrected chi connectivity index (χ4v) is 1.61. The first kappa shape index (κ1) is 10.9. The van der Waals surface area contributed by atoms with Gasteiger partial charge < -0.3 is 9.73 Å². The maximum Gasteiger partial charge on any atom is 0.235 e. The van der Waals surface area contributed by atoms with E-state index in [1.165, 1.54) is 0 Å². The standard InChI is InChI=1S/C11H15N3O2/c1-8-6-13-14-11(15)5-10(8)12-7-9-3-2-4-16-9/h2-4,10,12-13H,1,5-7H2,(H,14,15)/t10-/m0/s1. The molecule has 0 spiro atoms. The van der Waals surface area contributed by atoms with Crippen molar-refractivity contribution in [2.45, 2.75) is 19.0 Å². The zero-order chi connectivity index (χ0) is 11.4. The molecule has 0 bridgehead atoms. The van der Waals surface area contributed by atoms with Crippen LogP contribution in [0.15, 0.2) is 35.0 Å². The van der Waals surface area contributed by atoms with Crippen LogP contribution in [-0.2, 0) is 11.3 Å². The summed E-state index contributed by atoms with van der Waals surface area (Å²) >= 11 is 0. The normalized spacial score (nSPS) is 21.6. The van der Waals surface area contributed by atoms with Crippen LogP contribution in [0.4, 0.5) is 0 Å². The third kappa shape index (κ3) is 2.71. The Balaban J connectivity index is 1.91. The van der Waals surface area contributed by atoms with Crippen molar-refractivity contribution in [2.24, 2.45) is 0 Å².